The van der Waals surface area contributed by atoms with Crippen molar-refractivity contribution in [3.8, 4) is 11.5 Å². The molecule has 0 fully saturated rings. The molecule has 7 nitrogen and oxygen atoms in total. The molecule has 168 valence electrons. The number of methoxy groups -OCH3 is 2. The number of anilines is 1. The first-order valence-corrected chi connectivity index (χ1v) is 10.6. The summed E-state index contributed by atoms with van der Waals surface area (Å²) < 4.78 is 12.4. The van der Waals surface area contributed by atoms with Crippen molar-refractivity contribution in [1.29, 1.82) is 0 Å². The monoisotopic (exact) mass is 435 g/mol. The summed E-state index contributed by atoms with van der Waals surface area (Å²) in [5.41, 5.74) is 2.46. The third-order valence-corrected chi connectivity index (χ3v) is 5.30. The highest BCUT2D eigenvalue weighted by Crippen LogP contribution is 2.28. The molecule has 7 heteroatoms. The summed E-state index contributed by atoms with van der Waals surface area (Å²) in [7, 11) is 3.15. The van der Waals surface area contributed by atoms with Crippen molar-refractivity contribution >= 4 is 34.5 Å². The number of amides is 2. The lowest BCUT2D eigenvalue weighted by atomic mass is 10.2. The van der Waals surface area contributed by atoms with Crippen LogP contribution >= 0.6 is 0 Å². The number of rotatable bonds is 9. The Kier molecular flexibility index (Phi) is 7.54. The van der Waals surface area contributed by atoms with Gasteiger partial charge in [-0.25, -0.2) is 0 Å². The van der Waals surface area contributed by atoms with E-state index in [4.69, 9.17) is 9.47 Å². The molecule has 0 saturated carbocycles. The Morgan fingerprint density at radius 3 is 2.44 bits per heavy atom. The lowest BCUT2D eigenvalue weighted by Crippen LogP contribution is -2.33. The first kappa shape index (κ1) is 22.9. The fourth-order valence-corrected chi connectivity index (χ4v) is 3.55. The largest absolute Gasteiger partial charge is 0.493 e. The van der Waals surface area contributed by atoms with Crippen LogP contribution in [0, 0.1) is 0 Å². The van der Waals surface area contributed by atoms with Crippen molar-refractivity contribution in [3.05, 3.63) is 60.3 Å². The lowest BCUT2D eigenvalue weighted by molar-refractivity contribution is -0.131. The highest BCUT2D eigenvalue weighted by atomic mass is 16.5. The van der Waals surface area contributed by atoms with Crippen LogP contribution in [0.4, 0.5) is 5.69 Å². The summed E-state index contributed by atoms with van der Waals surface area (Å²) in [5, 5.41) is 3.83. The van der Waals surface area contributed by atoms with E-state index in [9.17, 15) is 9.59 Å². The number of nitrogens with one attached hydrogen (secondary N) is 1. The normalized spacial score (nSPS) is 11.0. The summed E-state index contributed by atoms with van der Waals surface area (Å²) in [6.45, 7) is 5.64. The quantitative estimate of drug-likeness (QED) is 0.512. The van der Waals surface area contributed by atoms with Crippen LogP contribution < -0.4 is 14.8 Å². The zero-order valence-corrected chi connectivity index (χ0v) is 18.9. The number of ether oxygens (including phenoxy) is 2. The highest BCUT2D eigenvalue weighted by Gasteiger charge is 2.12. The number of likely N-dealkylation sites (N-methyl/N-ethyl adjacent to an activating group) is 1. The van der Waals surface area contributed by atoms with Gasteiger partial charge in [-0.1, -0.05) is 6.07 Å². The van der Waals surface area contributed by atoms with E-state index in [-0.39, 0.29) is 11.8 Å². The minimum atomic E-state index is -0.240. The fraction of sp³-hybridized carbons (Fsp3) is 0.280. The minimum Gasteiger partial charge on any atom is -0.493 e. The molecular weight excluding hydrogens is 406 g/mol. The van der Waals surface area contributed by atoms with Crippen LogP contribution in [0.5, 0.6) is 11.5 Å². The number of fused-ring (bicyclic) bond motifs is 1. The van der Waals surface area contributed by atoms with Crippen molar-refractivity contribution in [2.24, 2.45) is 0 Å². The molecule has 1 heterocycles. The van der Waals surface area contributed by atoms with Gasteiger partial charge in [0, 0.05) is 42.0 Å². The smallest absolute Gasteiger partial charge is 0.248 e. The minimum absolute atomic E-state index is 0.0881. The van der Waals surface area contributed by atoms with Crippen LogP contribution in [0.1, 0.15) is 19.4 Å². The SMILES string of the molecule is CCN(CC)C(=O)Cn1ccc2cc(NC(=O)/C=C/c3ccc(OC)c(OC)c3)ccc21. The molecule has 3 rings (SSSR count). The standard InChI is InChI=1S/C25H29N3O4/c1-5-27(6-2)25(30)17-28-14-13-19-16-20(9-10-21(19)28)26-24(29)12-8-18-7-11-22(31-3)23(15-18)32-4/h7-16H,5-6,17H2,1-4H3,(H,26,29)/b12-8+. The second kappa shape index (κ2) is 10.5. The number of hydrogen-bond donors (Lipinski definition) is 1. The molecule has 0 aliphatic carbocycles. The molecule has 2 aromatic carbocycles. The Morgan fingerprint density at radius 1 is 1.00 bits per heavy atom. The predicted molar refractivity (Wildman–Crippen MR) is 127 cm³/mol. The average molecular weight is 436 g/mol. The Balaban J connectivity index is 1.68. The summed E-state index contributed by atoms with van der Waals surface area (Å²) >= 11 is 0. The zero-order chi connectivity index (χ0) is 23.1. The van der Waals surface area contributed by atoms with E-state index in [1.165, 1.54) is 6.08 Å². The number of aromatic nitrogens is 1. The highest BCUT2D eigenvalue weighted by molar-refractivity contribution is 6.03. The van der Waals surface area contributed by atoms with Crippen LogP contribution in [-0.2, 0) is 16.1 Å². The molecule has 0 aliphatic rings. The van der Waals surface area contributed by atoms with E-state index in [0.29, 0.717) is 36.8 Å². The van der Waals surface area contributed by atoms with E-state index in [1.807, 2.05) is 59.8 Å². The van der Waals surface area contributed by atoms with Crippen molar-refractivity contribution in [2.45, 2.75) is 20.4 Å². The third-order valence-electron chi connectivity index (χ3n) is 5.30. The van der Waals surface area contributed by atoms with E-state index in [2.05, 4.69) is 5.32 Å². The Bertz CT molecular complexity index is 1130. The maximum absolute atomic E-state index is 12.4. The van der Waals surface area contributed by atoms with E-state index >= 15 is 0 Å². The number of carbonyl (C=O) groups excluding carboxylic acids is 2. The van der Waals surface area contributed by atoms with Gasteiger partial charge in [-0.2, -0.15) is 0 Å². The molecule has 2 amide bonds. The maximum Gasteiger partial charge on any atom is 0.248 e. The van der Waals surface area contributed by atoms with Gasteiger partial charge in [-0.3, -0.25) is 9.59 Å². The Labute approximate surface area is 188 Å². The summed E-state index contributed by atoms with van der Waals surface area (Å²) in [6.07, 6.45) is 5.08. The van der Waals surface area contributed by atoms with Gasteiger partial charge in [0.15, 0.2) is 11.5 Å². The molecule has 0 unspecified atom stereocenters. The number of carbonyl (C=O) groups is 2. The molecule has 1 aromatic heterocycles. The van der Waals surface area contributed by atoms with Gasteiger partial charge in [0.25, 0.3) is 0 Å². The molecule has 0 bridgehead atoms. The fourth-order valence-electron chi connectivity index (χ4n) is 3.55. The Morgan fingerprint density at radius 2 is 1.75 bits per heavy atom. The van der Waals surface area contributed by atoms with Crippen molar-refractivity contribution < 1.29 is 19.1 Å². The summed E-state index contributed by atoms with van der Waals surface area (Å²) in [6, 6.07) is 13.0. The average Bonchev–Trinajstić information content (AvgIpc) is 3.20. The van der Waals surface area contributed by atoms with Gasteiger partial charge in [0.1, 0.15) is 6.54 Å². The van der Waals surface area contributed by atoms with Crippen LogP contribution in [0.3, 0.4) is 0 Å². The van der Waals surface area contributed by atoms with Crippen LogP contribution in [0.25, 0.3) is 17.0 Å². The topological polar surface area (TPSA) is 72.8 Å². The Hall–Kier alpha value is -3.74. The molecular formula is C25H29N3O4. The molecule has 0 saturated heterocycles. The third kappa shape index (κ3) is 5.29. The molecule has 1 N–H and O–H groups in total. The second-order valence-electron chi connectivity index (χ2n) is 7.22. The van der Waals surface area contributed by atoms with Gasteiger partial charge in [-0.15, -0.1) is 0 Å². The van der Waals surface area contributed by atoms with Gasteiger partial charge in [0.2, 0.25) is 11.8 Å². The second-order valence-corrected chi connectivity index (χ2v) is 7.22. The predicted octanol–water partition coefficient (Wildman–Crippen LogP) is 4.18. The van der Waals surface area contributed by atoms with Crippen LogP contribution in [0.2, 0.25) is 0 Å². The summed E-state index contributed by atoms with van der Waals surface area (Å²) in [5.74, 6) is 1.08. The van der Waals surface area contributed by atoms with Gasteiger partial charge in [-0.05, 0) is 61.9 Å². The molecule has 0 aliphatic heterocycles. The van der Waals surface area contributed by atoms with E-state index in [1.54, 1.807) is 32.4 Å². The van der Waals surface area contributed by atoms with E-state index < -0.39 is 0 Å². The van der Waals surface area contributed by atoms with Crippen molar-refractivity contribution in [2.75, 3.05) is 32.6 Å². The van der Waals surface area contributed by atoms with E-state index in [0.717, 1.165) is 16.5 Å². The lowest BCUT2D eigenvalue weighted by Gasteiger charge is -2.19. The first-order chi connectivity index (χ1) is 15.5. The zero-order valence-electron chi connectivity index (χ0n) is 18.9. The maximum atomic E-state index is 12.4. The number of nitrogens with zero attached hydrogens (tertiary/aromatic N) is 2. The van der Waals surface area contributed by atoms with Crippen LogP contribution in [0.15, 0.2) is 54.7 Å². The van der Waals surface area contributed by atoms with Gasteiger partial charge >= 0.3 is 0 Å². The number of benzene rings is 2. The molecule has 3 aromatic rings. The molecule has 0 spiro atoms. The molecule has 0 radical (unpaired) electrons. The van der Waals surface area contributed by atoms with Gasteiger partial charge < -0.3 is 24.3 Å². The number of hydrogen-bond acceptors (Lipinski definition) is 4. The molecule has 0 atom stereocenters. The van der Waals surface area contributed by atoms with Crippen molar-refractivity contribution in [1.82, 2.24) is 9.47 Å². The van der Waals surface area contributed by atoms with Crippen LogP contribution in [-0.4, -0.2) is 48.6 Å². The molecule has 32 heavy (non-hydrogen) atoms. The summed E-state index contributed by atoms with van der Waals surface area (Å²) in [4.78, 5) is 26.6. The van der Waals surface area contributed by atoms with Gasteiger partial charge in [0.05, 0.1) is 14.2 Å². The first-order valence-electron chi connectivity index (χ1n) is 10.6. The van der Waals surface area contributed by atoms with Crippen molar-refractivity contribution in [3.63, 3.8) is 0 Å².